The van der Waals surface area contributed by atoms with Gasteiger partial charge in [-0.3, -0.25) is 4.79 Å². The summed E-state index contributed by atoms with van der Waals surface area (Å²) >= 11 is 13.3. The number of halogens is 3. The molecule has 0 atom stereocenters. The molecule has 11 heteroatoms. The normalized spacial score (nSPS) is 14.1. The Morgan fingerprint density at radius 3 is 2.22 bits per heavy atom. The van der Waals surface area contributed by atoms with Crippen molar-refractivity contribution in [3.05, 3.63) is 99.0 Å². The third-order valence-corrected chi connectivity index (χ3v) is 7.42. The second-order valence-corrected chi connectivity index (χ2v) is 10.7. The molecular weight excluding hydrogens is 540 g/mol. The van der Waals surface area contributed by atoms with E-state index in [1.807, 2.05) is 0 Å². The van der Waals surface area contributed by atoms with Crippen molar-refractivity contribution in [1.29, 1.82) is 0 Å². The highest BCUT2D eigenvalue weighted by molar-refractivity contribution is 7.71. The van der Waals surface area contributed by atoms with Crippen molar-refractivity contribution >= 4 is 45.5 Å². The molecule has 0 spiro atoms. The molecule has 0 saturated heterocycles. The van der Waals surface area contributed by atoms with Crippen LogP contribution in [0.5, 0.6) is 0 Å². The molecule has 3 aromatic carbocycles. The Labute approximate surface area is 223 Å². The Hall–Kier alpha value is -3.27. The minimum Gasteiger partial charge on any atom is -0.334 e. The minimum absolute atomic E-state index is 0.0376. The fraction of sp³-hybridized carbons (Fsp3) is 0.192. The first-order valence-corrected chi connectivity index (χ1v) is 13.4. The van der Waals surface area contributed by atoms with Crippen LogP contribution in [0, 0.1) is 5.82 Å². The Kier molecular flexibility index (Phi) is 7.02. The van der Waals surface area contributed by atoms with Crippen molar-refractivity contribution < 1.29 is 22.1 Å². The smallest absolute Gasteiger partial charge is 0.257 e. The Morgan fingerprint density at radius 1 is 1.00 bits per heavy atom. The number of anilines is 1. The highest BCUT2D eigenvalue weighted by Crippen LogP contribution is 2.57. The third-order valence-electron chi connectivity index (χ3n) is 6.20. The van der Waals surface area contributed by atoms with Gasteiger partial charge in [-0.05, 0) is 60.4 Å². The van der Waals surface area contributed by atoms with Gasteiger partial charge >= 0.3 is 0 Å². The quantitative estimate of drug-likeness (QED) is 0.274. The first-order valence-electron chi connectivity index (χ1n) is 11.3. The standard InChI is InChI=1S/C26H20Cl2FN3O4S/c27-20-12-19(30-22(33)11-15-1-3-16(4-2-15)14-37(34)35)13-21(28)23(20)26(9-10-26)25-31-24(36-32-25)17-5-7-18(29)8-6-17/h1-8,12-13,37H,9-11,14H2,(H,30,33). The van der Waals surface area contributed by atoms with Gasteiger partial charge in [0.2, 0.25) is 5.91 Å². The van der Waals surface area contributed by atoms with E-state index in [0.29, 0.717) is 38.2 Å². The summed E-state index contributed by atoms with van der Waals surface area (Å²) in [5.74, 6) is 0.0422. The van der Waals surface area contributed by atoms with Gasteiger partial charge in [-0.15, -0.1) is 0 Å². The monoisotopic (exact) mass is 559 g/mol. The largest absolute Gasteiger partial charge is 0.334 e. The predicted molar refractivity (Wildman–Crippen MR) is 139 cm³/mol. The molecule has 1 fully saturated rings. The fourth-order valence-electron chi connectivity index (χ4n) is 4.24. The molecule has 0 aliphatic heterocycles. The topological polar surface area (TPSA) is 102 Å². The number of nitrogens with one attached hydrogen (secondary N) is 1. The van der Waals surface area contributed by atoms with Gasteiger partial charge < -0.3 is 9.84 Å². The number of hydrogen-bond acceptors (Lipinski definition) is 6. The van der Waals surface area contributed by atoms with Crippen LogP contribution in [0.3, 0.4) is 0 Å². The molecule has 4 aromatic rings. The van der Waals surface area contributed by atoms with Crippen LogP contribution in [0.2, 0.25) is 10.0 Å². The van der Waals surface area contributed by atoms with Gasteiger partial charge in [-0.1, -0.05) is 52.6 Å². The molecule has 1 heterocycles. The number of hydrogen-bond donors (Lipinski definition) is 2. The van der Waals surface area contributed by atoms with Gasteiger partial charge in [0.05, 0.1) is 17.6 Å². The maximum atomic E-state index is 13.2. The van der Waals surface area contributed by atoms with Gasteiger partial charge in [0, 0.05) is 26.9 Å². The zero-order valence-corrected chi connectivity index (χ0v) is 21.6. The number of benzene rings is 3. The average Bonchev–Trinajstić information content (AvgIpc) is 3.46. The second-order valence-electron chi connectivity index (χ2n) is 8.86. The summed E-state index contributed by atoms with van der Waals surface area (Å²) in [6.07, 6.45) is 1.54. The van der Waals surface area contributed by atoms with Crippen molar-refractivity contribution in [1.82, 2.24) is 10.1 Å². The maximum Gasteiger partial charge on any atom is 0.257 e. The van der Waals surface area contributed by atoms with Gasteiger partial charge in [-0.25, -0.2) is 12.8 Å². The Morgan fingerprint density at radius 2 is 1.62 bits per heavy atom. The molecule has 1 amide bonds. The second kappa shape index (κ2) is 10.2. The molecule has 7 nitrogen and oxygen atoms in total. The fourth-order valence-corrected chi connectivity index (χ4v) is 5.60. The van der Waals surface area contributed by atoms with E-state index in [2.05, 4.69) is 15.5 Å². The molecule has 0 unspecified atom stereocenters. The van der Waals surface area contributed by atoms with E-state index in [0.717, 1.165) is 18.4 Å². The molecule has 190 valence electrons. The molecule has 5 rings (SSSR count). The van der Waals surface area contributed by atoms with Crippen LogP contribution in [0.15, 0.2) is 65.2 Å². The van der Waals surface area contributed by atoms with Crippen LogP contribution in [0.4, 0.5) is 10.1 Å². The minimum atomic E-state index is -2.51. The van der Waals surface area contributed by atoms with Crippen molar-refractivity contribution in [3.8, 4) is 11.5 Å². The summed E-state index contributed by atoms with van der Waals surface area (Å²) in [5.41, 5.74) is 2.50. The number of carbonyl (C=O) groups is 1. The molecule has 1 aromatic heterocycles. The van der Waals surface area contributed by atoms with Gasteiger partial charge in [0.15, 0.2) is 5.82 Å². The van der Waals surface area contributed by atoms with Crippen LogP contribution in [0.25, 0.3) is 11.5 Å². The Bertz CT molecular complexity index is 1520. The lowest BCUT2D eigenvalue weighted by Crippen LogP contribution is -2.16. The Balaban J connectivity index is 1.31. The van der Waals surface area contributed by atoms with E-state index in [1.54, 1.807) is 48.5 Å². The molecule has 1 N–H and O–H groups in total. The molecule has 1 aliphatic carbocycles. The first-order chi connectivity index (χ1) is 17.7. The molecule has 0 radical (unpaired) electrons. The molecule has 1 saturated carbocycles. The van der Waals surface area contributed by atoms with Gasteiger partial charge in [0.1, 0.15) is 16.5 Å². The summed E-state index contributed by atoms with van der Waals surface area (Å²) in [6, 6.07) is 15.8. The van der Waals surface area contributed by atoms with Crippen LogP contribution in [0.1, 0.15) is 35.4 Å². The van der Waals surface area contributed by atoms with Crippen molar-refractivity contribution in [3.63, 3.8) is 0 Å². The average molecular weight is 560 g/mol. The molecule has 0 bridgehead atoms. The number of carbonyl (C=O) groups excluding carboxylic acids is 1. The SMILES string of the molecule is O=C(Cc1ccc(C[SH](=O)=O)cc1)Nc1cc(Cl)c(C2(c3noc(-c4ccc(F)cc4)n3)CC2)c(Cl)c1. The number of aromatic nitrogens is 2. The van der Waals surface area contributed by atoms with Crippen molar-refractivity contribution in [2.75, 3.05) is 5.32 Å². The van der Waals surface area contributed by atoms with Crippen molar-refractivity contribution in [2.24, 2.45) is 0 Å². The number of rotatable bonds is 8. The molecule has 37 heavy (non-hydrogen) atoms. The number of nitrogens with zero attached hydrogens (tertiary/aromatic N) is 2. The van der Waals surface area contributed by atoms with Crippen molar-refractivity contribution in [2.45, 2.75) is 30.4 Å². The van der Waals surface area contributed by atoms with Gasteiger partial charge in [-0.2, -0.15) is 4.98 Å². The van der Waals surface area contributed by atoms with E-state index < -0.39 is 16.1 Å². The third kappa shape index (κ3) is 5.53. The molecular formula is C26H20Cl2FN3O4S. The molecule has 1 aliphatic rings. The first kappa shape index (κ1) is 25.4. The summed E-state index contributed by atoms with van der Waals surface area (Å²) < 4.78 is 40.4. The lowest BCUT2D eigenvalue weighted by atomic mass is 9.94. The van der Waals surface area contributed by atoms with Gasteiger partial charge in [0.25, 0.3) is 5.89 Å². The van der Waals surface area contributed by atoms with E-state index >= 15 is 0 Å². The van der Waals surface area contributed by atoms with E-state index in [9.17, 15) is 17.6 Å². The van der Waals surface area contributed by atoms with Crippen LogP contribution in [-0.4, -0.2) is 24.5 Å². The summed E-state index contributed by atoms with van der Waals surface area (Å²) in [7, 11) is -2.51. The lowest BCUT2D eigenvalue weighted by Gasteiger charge is -2.17. The summed E-state index contributed by atoms with van der Waals surface area (Å²) in [5, 5.41) is 7.68. The van der Waals surface area contributed by atoms with E-state index in [4.69, 9.17) is 27.7 Å². The zero-order valence-electron chi connectivity index (χ0n) is 19.2. The lowest BCUT2D eigenvalue weighted by molar-refractivity contribution is -0.115. The van der Waals surface area contributed by atoms with Crippen LogP contribution in [-0.2, 0) is 33.1 Å². The summed E-state index contributed by atoms with van der Waals surface area (Å²) in [6.45, 7) is 0. The maximum absolute atomic E-state index is 13.2. The number of thiol groups is 1. The summed E-state index contributed by atoms with van der Waals surface area (Å²) in [4.78, 5) is 17.1. The zero-order chi connectivity index (χ0) is 26.2. The van der Waals surface area contributed by atoms with E-state index in [-0.39, 0.29) is 29.8 Å². The van der Waals surface area contributed by atoms with Crippen LogP contribution < -0.4 is 5.32 Å². The predicted octanol–water partition coefficient (Wildman–Crippen LogP) is 5.56. The number of amides is 1. The highest BCUT2D eigenvalue weighted by atomic mass is 35.5. The highest BCUT2D eigenvalue weighted by Gasteiger charge is 2.52. The van der Waals surface area contributed by atoms with E-state index in [1.165, 1.54) is 12.1 Å². The van der Waals surface area contributed by atoms with Crippen LogP contribution >= 0.6 is 23.2 Å².